The van der Waals surface area contributed by atoms with Crippen LogP contribution in [0.3, 0.4) is 0 Å². The normalized spacial score (nSPS) is 14.9. The van der Waals surface area contributed by atoms with Crippen LogP contribution in [0.25, 0.3) is 0 Å². The number of oxime groups is 1. The van der Waals surface area contributed by atoms with Crippen molar-refractivity contribution in [2.24, 2.45) is 16.3 Å². The lowest BCUT2D eigenvalue weighted by Gasteiger charge is -2.22. The summed E-state index contributed by atoms with van der Waals surface area (Å²) in [6.45, 7) is 9.06. The summed E-state index contributed by atoms with van der Waals surface area (Å²) >= 11 is 0. The van der Waals surface area contributed by atoms with E-state index in [0.717, 1.165) is 38.7 Å². The van der Waals surface area contributed by atoms with Gasteiger partial charge in [0.1, 0.15) is 5.84 Å². The summed E-state index contributed by atoms with van der Waals surface area (Å²) in [5, 5.41) is 11.7. The maximum atomic E-state index is 8.64. The van der Waals surface area contributed by atoms with Crippen LogP contribution in [0.5, 0.6) is 0 Å². The predicted molar refractivity (Wildman–Crippen MR) is 71.4 cm³/mol. The third-order valence-electron chi connectivity index (χ3n) is 3.09. The molecular formula is C13H28N2O2. The minimum absolute atomic E-state index is 0.232. The van der Waals surface area contributed by atoms with Crippen LogP contribution in [0, 0.1) is 5.41 Å². The molecule has 0 aliphatic carbocycles. The molecule has 0 radical (unpaired) electrons. The minimum atomic E-state index is -0.232. The molecule has 0 saturated carbocycles. The van der Waals surface area contributed by atoms with Gasteiger partial charge in [0.05, 0.1) is 6.10 Å². The van der Waals surface area contributed by atoms with E-state index in [1.54, 1.807) is 0 Å². The van der Waals surface area contributed by atoms with Crippen molar-refractivity contribution < 1.29 is 9.94 Å². The molecule has 0 rings (SSSR count). The molecule has 0 saturated heterocycles. The molecule has 0 aromatic carbocycles. The molecule has 0 fully saturated rings. The van der Waals surface area contributed by atoms with Gasteiger partial charge in [-0.15, -0.1) is 0 Å². The fourth-order valence-corrected chi connectivity index (χ4v) is 1.71. The number of unbranched alkanes of at least 4 members (excludes halogenated alkanes) is 1. The van der Waals surface area contributed by atoms with Gasteiger partial charge in [-0.2, -0.15) is 0 Å². The SMILES string of the molecule is CCCC(C)OCCCCC(C)(C)C(N)=NO. The van der Waals surface area contributed by atoms with Gasteiger partial charge in [0.15, 0.2) is 0 Å². The topological polar surface area (TPSA) is 67.8 Å². The molecule has 4 nitrogen and oxygen atoms in total. The van der Waals surface area contributed by atoms with Crippen molar-refractivity contribution in [1.82, 2.24) is 0 Å². The monoisotopic (exact) mass is 244 g/mol. The second-order valence-corrected chi connectivity index (χ2v) is 5.30. The standard InChI is InChI=1S/C13H28N2O2/c1-5-8-11(2)17-10-7-6-9-13(3,4)12(14)15-16/h11,16H,5-10H2,1-4H3,(H2,14,15). The zero-order valence-corrected chi connectivity index (χ0v) is 11.7. The van der Waals surface area contributed by atoms with E-state index in [9.17, 15) is 0 Å². The van der Waals surface area contributed by atoms with Crippen molar-refractivity contribution in [1.29, 1.82) is 0 Å². The highest BCUT2D eigenvalue weighted by atomic mass is 16.5. The highest BCUT2D eigenvalue weighted by Gasteiger charge is 2.22. The molecule has 17 heavy (non-hydrogen) atoms. The molecule has 0 aliphatic rings. The predicted octanol–water partition coefficient (Wildman–Crippen LogP) is 3.13. The van der Waals surface area contributed by atoms with Gasteiger partial charge in [-0.3, -0.25) is 0 Å². The van der Waals surface area contributed by atoms with Crippen LogP contribution in [0.2, 0.25) is 0 Å². The van der Waals surface area contributed by atoms with E-state index in [1.807, 2.05) is 13.8 Å². The smallest absolute Gasteiger partial charge is 0.144 e. The van der Waals surface area contributed by atoms with Crippen molar-refractivity contribution in [2.45, 2.75) is 65.9 Å². The Hall–Kier alpha value is -0.770. The molecule has 1 unspecified atom stereocenters. The van der Waals surface area contributed by atoms with Gasteiger partial charge in [0.25, 0.3) is 0 Å². The number of nitrogens with two attached hydrogens (primary N) is 1. The maximum absolute atomic E-state index is 8.64. The molecule has 0 aromatic heterocycles. The Bertz CT molecular complexity index is 227. The Morgan fingerprint density at radius 2 is 2.06 bits per heavy atom. The van der Waals surface area contributed by atoms with Gasteiger partial charge in [-0.1, -0.05) is 38.8 Å². The van der Waals surface area contributed by atoms with E-state index >= 15 is 0 Å². The molecule has 0 spiro atoms. The molecule has 0 aromatic rings. The zero-order valence-electron chi connectivity index (χ0n) is 11.7. The van der Waals surface area contributed by atoms with Crippen LogP contribution < -0.4 is 5.73 Å². The van der Waals surface area contributed by atoms with Crippen LogP contribution >= 0.6 is 0 Å². The Labute approximate surface area is 105 Å². The number of amidine groups is 1. The van der Waals surface area contributed by atoms with Crippen LogP contribution in [0.1, 0.15) is 59.8 Å². The first-order valence-electron chi connectivity index (χ1n) is 6.53. The van der Waals surface area contributed by atoms with E-state index in [-0.39, 0.29) is 5.41 Å². The lowest BCUT2D eigenvalue weighted by Crippen LogP contribution is -2.31. The number of rotatable bonds is 9. The van der Waals surface area contributed by atoms with Gasteiger partial charge < -0.3 is 15.7 Å². The molecule has 0 heterocycles. The fraction of sp³-hybridized carbons (Fsp3) is 0.923. The molecular weight excluding hydrogens is 216 g/mol. The minimum Gasteiger partial charge on any atom is -0.409 e. The van der Waals surface area contributed by atoms with Gasteiger partial charge in [0.2, 0.25) is 0 Å². The second kappa shape index (κ2) is 8.34. The highest BCUT2D eigenvalue weighted by Crippen LogP contribution is 2.23. The summed E-state index contributed by atoms with van der Waals surface area (Å²) in [5.41, 5.74) is 5.39. The fourth-order valence-electron chi connectivity index (χ4n) is 1.71. The average Bonchev–Trinajstić information content (AvgIpc) is 2.27. The van der Waals surface area contributed by atoms with Crippen molar-refractivity contribution in [2.75, 3.05) is 6.61 Å². The van der Waals surface area contributed by atoms with Crippen LogP contribution in [0.15, 0.2) is 5.16 Å². The first kappa shape index (κ1) is 16.2. The van der Waals surface area contributed by atoms with Gasteiger partial charge in [-0.05, 0) is 26.2 Å². The van der Waals surface area contributed by atoms with Crippen molar-refractivity contribution in [3.8, 4) is 0 Å². The van der Waals surface area contributed by atoms with Crippen molar-refractivity contribution in [3.63, 3.8) is 0 Å². The molecule has 0 aliphatic heterocycles. The molecule has 3 N–H and O–H groups in total. The van der Waals surface area contributed by atoms with E-state index in [4.69, 9.17) is 15.7 Å². The summed E-state index contributed by atoms with van der Waals surface area (Å²) < 4.78 is 5.67. The number of ether oxygens (including phenoxy) is 1. The van der Waals surface area contributed by atoms with E-state index in [0.29, 0.717) is 11.9 Å². The Morgan fingerprint density at radius 3 is 2.59 bits per heavy atom. The highest BCUT2D eigenvalue weighted by molar-refractivity contribution is 5.85. The first-order chi connectivity index (χ1) is 7.94. The lowest BCUT2D eigenvalue weighted by molar-refractivity contribution is 0.0564. The summed E-state index contributed by atoms with van der Waals surface area (Å²) in [6, 6.07) is 0. The van der Waals surface area contributed by atoms with Crippen LogP contribution in [-0.2, 0) is 4.74 Å². The van der Waals surface area contributed by atoms with Crippen LogP contribution in [0.4, 0.5) is 0 Å². The van der Waals surface area contributed by atoms with E-state index in [2.05, 4.69) is 19.0 Å². The van der Waals surface area contributed by atoms with Gasteiger partial charge >= 0.3 is 0 Å². The Balaban J connectivity index is 3.64. The lowest BCUT2D eigenvalue weighted by atomic mass is 9.86. The average molecular weight is 244 g/mol. The molecule has 1 atom stereocenters. The van der Waals surface area contributed by atoms with E-state index in [1.165, 1.54) is 0 Å². The maximum Gasteiger partial charge on any atom is 0.144 e. The second-order valence-electron chi connectivity index (χ2n) is 5.30. The quantitative estimate of drug-likeness (QED) is 0.215. The number of hydrogen-bond acceptors (Lipinski definition) is 3. The zero-order chi connectivity index (χ0) is 13.3. The Kier molecular flexibility index (Phi) is 7.96. The molecule has 102 valence electrons. The molecule has 0 amide bonds. The van der Waals surface area contributed by atoms with Gasteiger partial charge in [0, 0.05) is 12.0 Å². The van der Waals surface area contributed by atoms with Gasteiger partial charge in [-0.25, -0.2) is 0 Å². The summed E-state index contributed by atoms with van der Waals surface area (Å²) in [4.78, 5) is 0. The third-order valence-corrected chi connectivity index (χ3v) is 3.09. The third kappa shape index (κ3) is 7.21. The summed E-state index contributed by atoms with van der Waals surface area (Å²) in [7, 11) is 0. The number of nitrogens with zero attached hydrogens (tertiary/aromatic N) is 1. The van der Waals surface area contributed by atoms with E-state index < -0.39 is 0 Å². The van der Waals surface area contributed by atoms with Crippen molar-refractivity contribution >= 4 is 5.84 Å². The van der Waals surface area contributed by atoms with Crippen molar-refractivity contribution in [3.05, 3.63) is 0 Å². The summed E-state index contributed by atoms with van der Waals surface area (Å²) in [5.74, 6) is 0.303. The van der Waals surface area contributed by atoms with Crippen LogP contribution in [-0.4, -0.2) is 23.8 Å². The summed E-state index contributed by atoms with van der Waals surface area (Å²) in [6.07, 6.45) is 5.61. The molecule has 0 bridgehead atoms. The molecule has 4 heteroatoms. The number of hydrogen-bond donors (Lipinski definition) is 2. The first-order valence-corrected chi connectivity index (χ1v) is 6.53. The largest absolute Gasteiger partial charge is 0.409 e. The Morgan fingerprint density at radius 1 is 1.41 bits per heavy atom.